The van der Waals surface area contributed by atoms with Gasteiger partial charge in [-0.2, -0.15) is 0 Å². The lowest BCUT2D eigenvalue weighted by Gasteiger charge is -2.39. The molecule has 0 bridgehead atoms. The summed E-state index contributed by atoms with van der Waals surface area (Å²) in [5.74, 6) is -0.285. The Kier molecular flexibility index (Phi) is 5.77. The van der Waals surface area contributed by atoms with E-state index < -0.39 is 8.32 Å². The van der Waals surface area contributed by atoms with Gasteiger partial charge in [-0.05, 0) is 49.0 Å². The Bertz CT molecular complexity index is 402. The molecule has 0 fully saturated rings. The number of hydrogen-bond donors (Lipinski definition) is 0. The van der Waals surface area contributed by atoms with E-state index >= 15 is 0 Å². The number of rotatable bonds is 4. The SMILES string of the molecule is CC(=O)O/C=C\C1=C[C@@H](O[Si](C)(C)C(C)(C)C)CCC1. The van der Waals surface area contributed by atoms with Crippen molar-refractivity contribution in [2.75, 3.05) is 0 Å². The number of carbonyl (C=O) groups is 1. The summed E-state index contributed by atoms with van der Waals surface area (Å²) in [6, 6.07) is 0. The first-order chi connectivity index (χ1) is 9.12. The van der Waals surface area contributed by atoms with Gasteiger partial charge in [0.25, 0.3) is 0 Å². The van der Waals surface area contributed by atoms with Crippen LogP contribution >= 0.6 is 0 Å². The van der Waals surface area contributed by atoms with Crippen molar-refractivity contribution in [2.45, 2.75) is 71.2 Å². The molecule has 1 atom stereocenters. The van der Waals surface area contributed by atoms with Gasteiger partial charge >= 0.3 is 5.97 Å². The second-order valence-electron chi connectivity index (χ2n) is 6.96. The Labute approximate surface area is 124 Å². The molecule has 4 heteroatoms. The number of esters is 1. The first-order valence-corrected chi connectivity index (χ1v) is 10.2. The fourth-order valence-electron chi connectivity index (χ4n) is 1.92. The number of allylic oxidation sites excluding steroid dienone is 2. The molecule has 0 spiro atoms. The summed E-state index contributed by atoms with van der Waals surface area (Å²) in [6.07, 6.45) is 8.96. The van der Waals surface area contributed by atoms with E-state index in [2.05, 4.69) is 39.9 Å². The van der Waals surface area contributed by atoms with E-state index in [0.717, 1.165) is 19.3 Å². The highest BCUT2D eigenvalue weighted by Gasteiger charge is 2.39. The maximum absolute atomic E-state index is 10.7. The topological polar surface area (TPSA) is 35.5 Å². The Balaban J connectivity index is 2.68. The number of ether oxygens (including phenoxy) is 1. The lowest BCUT2D eigenvalue weighted by Crippen LogP contribution is -2.43. The van der Waals surface area contributed by atoms with Crippen molar-refractivity contribution in [2.24, 2.45) is 0 Å². The summed E-state index contributed by atoms with van der Waals surface area (Å²) < 4.78 is 11.3. The maximum atomic E-state index is 10.7. The molecule has 1 rings (SSSR count). The minimum Gasteiger partial charge on any atom is -0.435 e. The van der Waals surface area contributed by atoms with Crippen molar-refractivity contribution in [1.82, 2.24) is 0 Å². The third-order valence-electron chi connectivity index (χ3n) is 4.12. The third kappa shape index (κ3) is 5.25. The highest BCUT2D eigenvalue weighted by Crippen LogP contribution is 2.38. The minimum absolute atomic E-state index is 0.196. The lowest BCUT2D eigenvalue weighted by atomic mass is 9.98. The van der Waals surface area contributed by atoms with Gasteiger partial charge in [-0.3, -0.25) is 4.79 Å². The van der Waals surface area contributed by atoms with Crippen molar-refractivity contribution in [3.8, 4) is 0 Å². The second kappa shape index (κ2) is 6.72. The van der Waals surface area contributed by atoms with Crippen molar-refractivity contribution in [3.63, 3.8) is 0 Å². The lowest BCUT2D eigenvalue weighted by molar-refractivity contribution is -0.135. The molecular formula is C16H28O3Si. The molecule has 1 aliphatic rings. The summed E-state index contributed by atoms with van der Waals surface area (Å²) >= 11 is 0. The summed E-state index contributed by atoms with van der Waals surface area (Å²) in [6.45, 7) is 12.7. The van der Waals surface area contributed by atoms with Crippen LogP contribution in [0.15, 0.2) is 24.0 Å². The first kappa shape index (κ1) is 17.2. The smallest absolute Gasteiger partial charge is 0.307 e. The van der Waals surface area contributed by atoms with Crippen LogP contribution < -0.4 is 0 Å². The zero-order valence-corrected chi connectivity index (χ0v) is 14.7. The van der Waals surface area contributed by atoms with E-state index in [1.54, 1.807) is 0 Å². The van der Waals surface area contributed by atoms with Crippen LogP contribution in [0.1, 0.15) is 47.0 Å². The number of carbonyl (C=O) groups excluding carboxylic acids is 1. The Morgan fingerprint density at radius 1 is 1.40 bits per heavy atom. The predicted octanol–water partition coefficient (Wildman–Crippen LogP) is 4.56. The van der Waals surface area contributed by atoms with E-state index in [1.807, 2.05) is 6.08 Å². The Hall–Kier alpha value is -0.873. The van der Waals surface area contributed by atoms with Crippen LogP contribution in [-0.2, 0) is 14.0 Å². The molecule has 0 aromatic carbocycles. The predicted molar refractivity (Wildman–Crippen MR) is 84.9 cm³/mol. The molecule has 0 N–H and O–H groups in total. The molecule has 0 amide bonds. The van der Waals surface area contributed by atoms with Gasteiger partial charge < -0.3 is 9.16 Å². The van der Waals surface area contributed by atoms with Gasteiger partial charge in [-0.1, -0.05) is 26.8 Å². The van der Waals surface area contributed by atoms with Crippen molar-refractivity contribution in [3.05, 3.63) is 24.0 Å². The van der Waals surface area contributed by atoms with E-state index in [9.17, 15) is 4.79 Å². The van der Waals surface area contributed by atoms with Crippen LogP contribution in [0.3, 0.4) is 0 Å². The van der Waals surface area contributed by atoms with Gasteiger partial charge in [-0.25, -0.2) is 0 Å². The maximum Gasteiger partial charge on any atom is 0.307 e. The third-order valence-corrected chi connectivity index (χ3v) is 8.63. The molecule has 0 heterocycles. The fraction of sp³-hybridized carbons (Fsp3) is 0.688. The highest BCUT2D eigenvalue weighted by atomic mass is 28.4. The van der Waals surface area contributed by atoms with Gasteiger partial charge in [0.15, 0.2) is 8.32 Å². The number of hydrogen-bond acceptors (Lipinski definition) is 3. The largest absolute Gasteiger partial charge is 0.435 e. The first-order valence-electron chi connectivity index (χ1n) is 7.34. The van der Waals surface area contributed by atoms with Gasteiger partial charge in [0.05, 0.1) is 12.4 Å². The van der Waals surface area contributed by atoms with Gasteiger partial charge in [-0.15, -0.1) is 0 Å². The van der Waals surface area contributed by atoms with Gasteiger partial charge in [0, 0.05) is 6.92 Å². The minimum atomic E-state index is -1.73. The van der Waals surface area contributed by atoms with E-state index in [1.165, 1.54) is 18.8 Å². The van der Waals surface area contributed by atoms with Crippen molar-refractivity contribution < 1.29 is 14.0 Å². The normalized spacial score (nSPS) is 20.9. The van der Waals surface area contributed by atoms with Crippen molar-refractivity contribution >= 4 is 14.3 Å². The van der Waals surface area contributed by atoms with E-state index in [-0.39, 0.29) is 17.1 Å². The quantitative estimate of drug-likeness (QED) is 0.433. The van der Waals surface area contributed by atoms with Crippen LogP contribution in [-0.4, -0.2) is 20.4 Å². The molecule has 0 radical (unpaired) electrons. The van der Waals surface area contributed by atoms with Gasteiger partial charge in [0.2, 0.25) is 0 Å². The summed E-state index contributed by atoms with van der Waals surface area (Å²) in [4.78, 5) is 10.7. The second-order valence-corrected chi connectivity index (χ2v) is 11.7. The zero-order chi connectivity index (χ0) is 15.4. The standard InChI is InChI=1S/C16H28O3Si/c1-13(17)18-11-10-14-8-7-9-15(12-14)19-20(5,6)16(2,3)4/h10-12,15H,7-9H2,1-6H3/b11-10-/t15-/m0/s1. The van der Waals surface area contributed by atoms with Crippen LogP contribution in [0.4, 0.5) is 0 Å². The van der Waals surface area contributed by atoms with Crippen LogP contribution in [0.2, 0.25) is 18.1 Å². The molecular weight excluding hydrogens is 268 g/mol. The molecule has 20 heavy (non-hydrogen) atoms. The molecule has 114 valence electrons. The van der Waals surface area contributed by atoms with Crippen molar-refractivity contribution in [1.29, 1.82) is 0 Å². The van der Waals surface area contributed by atoms with Crippen LogP contribution in [0.5, 0.6) is 0 Å². The molecule has 0 aliphatic heterocycles. The molecule has 0 aromatic rings. The molecule has 0 unspecified atom stereocenters. The fourth-order valence-corrected chi connectivity index (χ4v) is 3.21. The Morgan fingerprint density at radius 2 is 2.05 bits per heavy atom. The Morgan fingerprint density at radius 3 is 2.60 bits per heavy atom. The summed E-state index contributed by atoms with van der Waals surface area (Å²) in [7, 11) is -1.73. The average Bonchev–Trinajstić information content (AvgIpc) is 2.26. The van der Waals surface area contributed by atoms with E-state index in [4.69, 9.17) is 9.16 Å². The molecule has 0 saturated heterocycles. The average molecular weight is 296 g/mol. The van der Waals surface area contributed by atoms with E-state index in [0.29, 0.717) is 0 Å². The summed E-state index contributed by atoms with van der Waals surface area (Å²) in [5, 5.41) is 0.228. The molecule has 1 aliphatic carbocycles. The van der Waals surface area contributed by atoms with Crippen LogP contribution in [0, 0.1) is 0 Å². The molecule has 0 saturated carbocycles. The molecule has 3 nitrogen and oxygen atoms in total. The summed E-state index contributed by atoms with van der Waals surface area (Å²) in [5.41, 5.74) is 1.20. The molecule has 0 aromatic heterocycles. The van der Waals surface area contributed by atoms with Crippen LogP contribution in [0.25, 0.3) is 0 Å². The van der Waals surface area contributed by atoms with Gasteiger partial charge in [0.1, 0.15) is 0 Å². The monoisotopic (exact) mass is 296 g/mol. The highest BCUT2D eigenvalue weighted by molar-refractivity contribution is 6.74. The zero-order valence-electron chi connectivity index (χ0n) is 13.7.